The van der Waals surface area contributed by atoms with Gasteiger partial charge in [-0.25, -0.2) is 8.42 Å². The Bertz CT molecular complexity index is 1230. The topological polar surface area (TPSA) is 108 Å². The number of benzene rings is 1. The van der Waals surface area contributed by atoms with E-state index in [2.05, 4.69) is 10.2 Å². The highest BCUT2D eigenvalue weighted by Gasteiger charge is 2.31. The van der Waals surface area contributed by atoms with Crippen molar-refractivity contribution < 1.29 is 27.5 Å². The van der Waals surface area contributed by atoms with Crippen LogP contribution in [0.25, 0.3) is 0 Å². The summed E-state index contributed by atoms with van der Waals surface area (Å²) in [6.45, 7) is 3.96. The summed E-state index contributed by atoms with van der Waals surface area (Å²) in [5, 5.41) is 3.52. The smallest absolute Gasteiger partial charge is 0.257 e. The van der Waals surface area contributed by atoms with E-state index in [0.29, 0.717) is 16.1 Å². The molecule has 0 saturated carbocycles. The van der Waals surface area contributed by atoms with Crippen molar-refractivity contribution in [3.8, 4) is 0 Å². The van der Waals surface area contributed by atoms with Gasteiger partial charge in [-0.1, -0.05) is 0 Å². The van der Waals surface area contributed by atoms with Crippen LogP contribution in [0, 0.1) is 0 Å². The second-order valence-corrected chi connectivity index (χ2v) is 12.6. The molecule has 2 aliphatic heterocycles. The minimum atomic E-state index is -3.79. The number of carbonyl (C=O) groups excluding carboxylic acids is 2. The van der Waals surface area contributed by atoms with Crippen molar-refractivity contribution in [1.29, 1.82) is 0 Å². The third kappa shape index (κ3) is 6.27. The number of ether oxygens (including phenoxy) is 2. The predicted octanol–water partition coefficient (Wildman–Crippen LogP) is 2.51. The number of methoxy groups -OCH3 is 2. The lowest BCUT2D eigenvalue weighted by molar-refractivity contribution is 0.0792. The molecule has 0 unspecified atom stereocenters. The summed E-state index contributed by atoms with van der Waals surface area (Å²) in [6, 6.07) is 5.86. The number of sulfonamides is 1. The molecule has 0 spiro atoms. The molecule has 1 N–H and O–H groups in total. The fraction of sp³-hybridized carbons (Fsp3) is 0.538. The second kappa shape index (κ2) is 12.7. The minimum absolute atomic E-state index is 0.0199. The molecule has 0 atom stereocenters. The van der Waals surface area contributed by atoms with Crippen molar-refractivity contribution in [3.63, 3.8) is 0 Å². The number of amides is 2. The van der Waals surface area contributed by atoms with E-state index in [0.717, 1.165) is 55.9 Å². The number of likely N-dealkylation sites (tertiary alicyclic amines) is 1. The van der Waals surface area contributed by atoms with Gasteiger partial charge in [0.1, 0.15) is 5.00 Å². The van der Waals surface area contributed by atoms with Crippen LogP contribution in [-0.4, -0.2) is 102 Å². The van der Waals surface area contributed by atoms with Crippen LogP contribution in [0.15, 0.2) is 29.2 Å². The zero-order valence-electron chi connectivity index (χ0n) is 22.2. The van der Waals surface area contributed by atoms with Gasteiger partial charge in [0.15, 0.2) is 0 Å². The molecular weight excluding hydrogens is 528 g/mol. The minimum Gasteiger partial charge on any atom is -0.383 e. The Morgan fingerprint density at radius 3 is 2.26 bits per heavy atom. The number of thiophene rings is 1. The molecule has 1 fully saturated rings. The van der Waals surface area contributed by atoms with E-state index in [1.54, 1.807) is 0 Å². The van der Waals surface area contributed by atoms with E-state index in [9.17, 15) is 18.0 Å². The van der Waals surface area contributed by atoms with Crippen molar-refractivity contribution >= 4 is 38.2 Å². The van der Waals surface area contributed by atoms with Gasteiger partial charge in [0.2, 0.25) is 10.0 Å². The number of anilines is 1. The van der Waals surface area contributed by atoms with Crippen molar-refractivity contribution in [3.05, 3.63) is 45.8 Å². The fourth-order valence-electron chi connectivity index (χ4n) is 4.76. The molecule has 4 rings (SSSR count). The lowest BCUT2D eigenvalue weighted by Crippen LogP contribution is -2.36. The number of rotatable bonds is 11. The summed E-state index contributed by atoms with van der Waals surface area (Å²) in [5.74, 6) is -0.402. The number of nitrogens with zero attached hydrogens (tertiary/aromatic N) is 3. The Hall–Kier alpha value is -2.35. The third-order valence-electron chi connectivity index (χ3n) is 6.93. The first-order valence-corrected chi connectivity index (χ1v) is 15.0. The van der Waals surface area contributed by atoms with Gasteiger partial charge < -0.3 is 24.6 Å². The van der Waals surface area contributed by atoms with Crippen LogP contribution in [0.3, 0.4) is 0 Å². The average molecular weight is 565 g/mol. The van der Waals surface area contributed by atoms with Crippen LogP contribution in [0.5, 0.6) is 0 Å². The van der Waals surface area contributed by atoms with Gasteiger partial charge in [-0.05, 0) is 56.1 Å². The molecule has 208 valence electrons. The van der Waals surface area contributed by atoms with Crippen molar-refractivity contribution in [1.82, 2.24) is 14.1 Å². The maximum absolute atomic E-state index is 13.4. The van der Waals surface area contributed by atoms with Crippen LogP contribution in [0.4, 0.5) is 5.00 Å². The van der Waals surface area contributed by atoms with Crippen LogP contribution >= 0.6 is 11.3 Å². The molecule has 0 bridgehead atoms. The molecule has 3 heterocycles. The SMILES string of the molecule is COCCN(CCOC)S(=O)(=O)c1ccc(C(=O)Nc2sc3c(c2C(=O)N2CCCC2)CCN(C)C3)cc1. The van der Waals surface area contributed by atoms with Gasteiger partial charge in [-0.3, -0.25) is 9.59 Å². The molecule has 1 aromatic heterocycles. The summed E-state index contributed by atoms with van der Waals surface area (Å²) < 4.78 is 37.8. The average Bonchev–Trinajstić information content (AvgIpc) is 3.56. The second-order valence-electron chi connectivity index (χ2n) is 9.56. The first-order chi connectivity index (χ1) is 18.3. The summed E-state index contributed by atoms with van der Waals surface area (Å²) in [6.07, 6.45) is 2.75. The largest absolute Gasteiger partial charge is 0.383 e. The van der Waals surface area contributed by atoms with Crippen molar-refractivity contribution in [2.75, 3.05) is 72.5 Å². The quantitative estimate of drug-likeness (QED) is 0.447. The van der Waals surface area contributed by atoms with E-state index in [4.69, 9.17) is 9.47 Å². The highest BCUT2D eigenvalue weighted by atomic mass is 32.2. The van der Waals surface area contributed by atoms with Crippen LogP contribution in [0.2, 0.25) is 0 Å². The maximum Gasteiger partial charge on any atom is 0.257 e. The molecular formula is C26H36N4O6S2. The van der Waals surface area contributed by atoms with Crippen LogP contribution < -0.4 is 5.32 Å². The number of carbonyl (C=O) groups is 2. The standard InChI is InChI=1S/C26H36N4O6S2/c1-28-13-10-21-22(18-28)37-25(23(21)26(32)29-11-4-5-12-29)27-24(31)19-6-8-20(9-7-19)38(33,34)30(14-16-35-2)15-17-36-3/h6-9H,4-5,10-18H2,1-3H3,(H,27,31). The summed E-state index contributed by atoms with van der Waals surface area (Å²) in [7, 11) is 1.28. The van der Waals surface area contributed by atoms with E-state index in [1.165, 1.54) is 54.1 Å². The highest BCUT2D eigenvalue weighted by molar-refractivity contribution is 7.89. The van der Waals surface area contributed by atoms with Crippen molar-refractivity contribution in [2.24, 2.45) is 0 Å². The van der Waals surface area contributed by atoms with E-state index in [-0.39, 0.29) is 43.0 Å². The van der Waals surface area contributed by atoms with Gasteiger partial charge in [-0.15, -0.1) is 11.3 Å². The molecule has 10 nitrogen and oxygen atoms in total. The maximum atomic E-state index is 13.4. The van der Waals surface area contributed by atoms with Gasteiger partial charge in [-0.2, -0.15) is 4.31 Å². The summed E-state index contributed by atoms with van der Waals surface area (Å²) in [4.78, 5) is 31.9. The Balaban J connectivity index is 1.55. The molecule has 1 aromatic carbocycles. The highest BCUT2D eigenvalue weighted by Crippen LogP contribution is 2.38. The van der Waals surface area contributed by atoms with E-state index < -0.39 is 10.0 Å². The molecule has 2 aliphatic rings. The fourth-order valence-corrected chi connectivity index (χ4v) is 7.49. The normalized spacial score (nSPS) is 16.2. The zero-order valence-corrected chi connectivity index (χ0v) is 23.8. The number of nitrogens with one attached hydrogen (secondary N) is 1. The van der Waals surface area contributed by atoms with Crippen LogP contribution in [0.1, 0.15) is 44.0 Å². The van der Waals surface area contributed by atoms with Gasteiger partial charge in [0.05, 0.1) is 23.7 Å². The molecule has 38 heavy (non-hydrogen) atoms. The van der Waals surface area contributed by atoms with Gasteiger partial charge >= 0.3 is 0 Å². The summed E-state index contributed by atoms with van der Waals surface area (Å²) in [5.41, 5.74) is 1.96. The molecule has 2 aromatic rings. The molecule has 1 saturated heterocycles. The summed E-state index contributed by atoms with van der Waals surface area (Å²) >= 11 is 1.45. The number of hydrogen-bond acceptors (Lipinski definition) is 8. The Morgan fingerprint density at radius 1 is 1.03 bits per heavy atom. The Kier molecular flexibility index (Phi) is 9.55. The number of fused-ring (bicyclic) bond motifs is 1. The third-order valence-corrected chi connectivity index (χ3v) is 9.97. The van der Waals surface area contributed by atoms with E-state index in [1.807, 2.05) is 11.9 Å². The molecule has 0 aliphatic carbocycles. The van der Waals surface area contributed by atoms with Gasteiger partial charge in [0, 0.05) is 63.9 Å². The Morgan fingerprint density at radius 2 is 1.66 bits per heavy atom. The zero-order chi connectivity index (χ0) is 27.3. The van der Waals surface area contributed by atoms with E-state index >= 15 is 0 Å². The number of likely N-dealkylation sites (N-methyl/N-ethyl adjacent to an activating group) is 1. The molecule has 2 amide bonds. The lowest BCUT2D eigenvalue weighted by Gasteiger charge is -2.23. The first kappa shape index (κ1) is 28.7. The monoisotopic (exact) mass is 564 g/mol. The van der Waals surface area contributed by atoms with Crippen LogP contribution in [-0.2, 0) is 32.5 Å². The molecule has 0 radical (unpaired) electrons. The first-order valence-electron chi connectivity index (χ1n) is 12.8. The Labute approximate surface area is 228 Å². The predicted molar refractivity (Wildman–Crippen MR) is 146 cm³/mol. The molecule has 12 heteroatoms. The van der Waals surface area contributed by atoms with Gasteiger partial charge in [0.25, 0.3) is 11.8 Å². The number of hydrogen-bond donors (Lipinski definition) is 1. The lowest BCUT2D eigenvalue weighted by atomic mass is 10.0. The van der Waals surface area contributed by atoms with Crippen molar-refractivity contribution in [2.45, 2.75) is 30.7 Å².